The number of hydrogen-bond acceptors (Lipinski definition) is 4. The second-order valence-electron chi connectivity index (χ2n) is 5.02. The van der Waals surface area contributed by atoms with Gasteiger partial charge in [0, 0.05) is 18.2 Å². The molecule has 21 heavy (non-hydrogen) atoms. The summed E-state index contributed by atoms with van der Waals surface area (Å²) in [6.45, 7) is 1.70. The van der Waals surface area contributed by atoms with Crippen LogP contribution in [-0.4, -0.2) is 30.8 Å². The van der Waals surface area contributed by atoms with Crippen LogP contribution in [0.4, 0.5) is 0 Å². The van der Waals surface area contributed by atoms with Gasteiger partial charge in [0.15, 0.2) is 0 Å². The zero-order chi connectivity index (χ0) is 14.7. The summed E-state index contributed by atoms with van der Waals surface area (Å²) in [5.74, 6) is -0.274. The van der Waals surface area contributed by atoms with Crippen LogP contribution in [0.1, 0.15) is 32.0 Å². The Balaban J connectivity index is 1.85. The van der Waals surface area contributed by atoms with Crippen LogP contribution in [0.25, 0.3) is 0 Å². The van der Waals surface area contributed by atoms with Crippen LogP contribution in [0.3, 0.4) is 0 Å². The van der Waals surface area contributed by atoms with Crippen molar-refractivity contribution in [3.05, 3.63) is 57.8 Å². The lowest BCUT2D eigenvalue weighted by Gasteiger charge is -2.13. The zero-order valence-electron chi connectivity index (χ0n) is 11.5. The molecule has 0 aliphatic carbocycles. The van der Waals surface area contributed by atoms with Crippen molar-refractivity contribution in [2.45, 2.75) is 12.5 Å². The van der Waals surface area contributed by atoms with E-state index < -0.39 is 0 Å². The van der Waals surface area contributed by atoms with Gasteiger partial charge in [-0.2, -0.15) is 0 Å². The number of thiophene rings is 1. The highest BCUT2D eigenvalue weighted by Gasteiger charge is 2.22. The molecule has 1 amide bonds. The SMILES string of the molecule is O=C(NC1CCNC1)c1ccccc1C(=O)c1cccs1. The number of ketones is 1. The van der Waals surface area contributed by atoms with E-state index in [4.69, 9.17) is 0 Å². The Bertz CT molecular complexity index is 646. The van der Waals surface area contributed by atoms with Crippen molar-refractivity contribution < 1.29 is 9.59 Å². The highest BCUT2D eigenvalue weighted by Crippen LogP contribution is 2.18. The summed E-state index contributed by atoms with van der Waals surface area (Å²) in [6.07, 6.45) is 0.923. The highest BCUT2D eigenvalue weighted by molar-refractivity contribution is 7.12. The Morgan fingerprint density at radius 2 is 1.95 bits per heavy atom. The molecule has 1 aliphatic heterocycles. The van der Waals surface area contributed by atoms with Gasteiger partial charge < -0.3 is 10.6 Å². The van der Waals surface area contributed by atoms with Crippen LogP contribution in [0.5, 0.6) is 0 Å². The molecule has 3 rings (SSSR count). The Kier molecular flexibility index (Phi) is 4.13. The van der Waals surface area contributed by atoms with Gasteiger partial charge in [-0.05, 0) is 30.5 Å². The van der Waals surface area contributed by atoms with Crippen molar-refractivity contribution >= 4 is 23.0 Å². The maximum absolute atomic E-state index is 12.5. The third-order valence-electron chi connectivity index (χ3n) is 3.56. The quantitative estimate of drug-likeness (QED) is 0.850. The van der Waals surface area contributed by atoms with E-state index in [0.29, 0.717) is 16.0 Å². The van der Waals surface area contributed by atoms with Crippen LogP contribution < -0.4 is 10.6 Å². The summed E-state index contributed by atoms with van der Waals surface area (Å²) in [5.41, 5.74) is 0.909. The summed E-state index contributed by atoms with van der Waals surface area (Å²) in [6, 6.07) is 10.7. The lowest BCUT2D eigenvalue weighted by molar-refractivity contribution is 0.0930. The summed E-state index contributed by atoms with van der Waals surface area (Å²) < 4.78 is 0. The Labute approximate surface area is 127 Å². The molecule has 0 radical (unpaired) electrons. The number of carbonyl (C=O) groups is 2. The Morgan fingerprint density at radius 1 is 1.14 bits per heavy atom. The number of nitrogens with one attached hydrogen (secondary N) is 2. The van der Waals surface area contributed by atoms with E-state index in [1.54, 1.807) is 30.3 Å². The molecule has 2 aromatic rings. The summed E-state index contributed by atoms with van der Waals surface area (Å²) in [4.78, 5) is 25.5. The van der Waals surface area contributed by atoms with E-state index >= 15 is 0 Å². The highest BCUT2D eigenvalue weighted by atomic mass is 32.1. The van der Waals surface area contributed by atoms with E-state index in [1.807, 2.05) is 11.4 Å². The standard InChI is InChI=1S/C16H16N2O2S/c19-15(14-6-3-9-21-14)12-4-1-2-5-13(12)16(20)18-11-7-8-17-10-11/h1-6,9,11,17H,7-8,10H2,(H,18,20). The zero-order valence-corrected chi connectivity index (χ0v) is 12.3. The fraction of sp³-hybridized carbons (Fsp3) is 0.250. The van der Waals surface area contributed by atoms with E-state index in [-0.39, 0.29) is 17.7 Å². The summed E-state index contributed by atoms with van der Waals surface area (Å²) in [5, 5.41) is 8.06. The van der Waals surface area contributed by atoms with Crippen molar-refractivity contribution in [1.29, 1.82) is 0 Å². The first-order valence-corrected chi connectivity index (χ1v) is 7.82. The average Bonchev–Trinajstić information content (AvgIpc) is 3.19. The first kappa shape index (κ1) is 14.0. The molecule has 0 bridgehead atoms. The van der Waals surface area contributed by atoms with Gasteiger partial charge >= 0.3 is 0 Å². The molecule has 1 fully saturated rings. The maximum atomic E-state index is 12.5. The van der Waals surface area contributed by atoms with Gasteiger partial charge in [-0.3, -0.25) is 9.59 Å². The monoisotopic (exact) mass is 300 g/mol. The molecule has 1 atom stereocenters. The van der Waals surface area contributed by atoms with Crippen molar-refractivity contribution in [3.8, 4) is 0 Å². The van der Waals surface area contributed by atoms with E-state index in [2.05, 4.69) is 10.6 Å². The van der Waals surface area contributed by atoms with Crippen LogP contribution in [0, 0.1) is 0 Å². The molecule has 1 aliphatic rings. The number of rotatable bonds is 4. The van der Waals surface area contributed by atoms with Gasteiger partial charge in [0.05, 0.1) is 10.4 Å². The first-order chi connectivity index (χ1) is 10.3. The Morgan fingerprint density at radius 3 is 2.62 bits per heavy atom. The largest absolute Gasteiger partial charge is 0.348 e. The first-order valence-electron chi connectivity index (χ1n) is 6.94. The van der Waals surface area contributed by atoms with Crippen LogP contribution in [0.15, 0.2) is 41.8 Å². The average molecular weight is 300 g/mol. The molecule has 2 heterocycles. The van der Waals surface area contributed by atoms with Crippen LogP contribution in [0.2, 0.25) is 0 Å². The smallest absolute Gasteiger partial charge is 0.252 e. The van der Waals surface area contributed by atoms with Crippen molar-refractivity contribution in [1.82, 2.24) is 10.6 Å². The minimum absolute atomic E-state index is 0.0969. The van der Waals surface area contributed by atoms with E-state index in [1.165, 1.54) is 11.3 Å². The van der Waals surface area contributed by atoms with Crippen molar-refractivity contribution in [2.24, 2.45) is 0 Å². The van der Waals surface area contributed by atoms with Crippen LogP contribution >= 0.6 is 11.3 Å². The number of benzene rings is 1. The molecule has 2 N–H and O–H groups in total. The summed E-state index contributed by atoms with van der Waals surface area (Å²) in [7, 11) is 0. The van der Waals surface area contributed by atoms with E-state index in [9.17, 15) is 9.59 Å². The molecular formula is C16H16N2O2S. The number of amides is 1. The second kappa shape index (κ2) is 6.20. The normalized spacial score (nSPS) is 17.6. The molecule has 1 saturated heterocycles. The van der Waals surface area contributed by atoms with Crippen molar-refractivity contribution in [2.75, 3.05) is 13.1 Å². The molecule has 1 aromatic heterocycles. The molecule has 1 aromatic carbocycles. The minimum Gasteiger partial charge on any atom is -0.348 e. The minimum atomic E-state index is -0.177. The lowest BCUT2D eigenvalue weighted by Crippen LogP contribution is -2.36. The maximum Gasteiger partial charge on any atom is 0.252 e. The van der Waals surface area contributed by atoms with Gasteiger partial charge in [0.25, 0.3) is 5.91 Å². The predicted molar refractivity (Wildman–Crippen MR) is 82.9 cm³/mol. The predicted octanol–water partition coefficient (Wildman–Crippen LogP) is 2.07. The molecule has 1 unspecified atom stereocenters. The molecule has 4 nitrogen and oxygen atoms in total. The van der Waals surface area contributed by atoms with Gasteiger partial charge in [-0.25, -0.2) is 0 Å². The molecule has 0 saturated carbocycles. The fourth-order valence-electron chi connectivity index (χ4n) is 2.46. The van der Waals surface area contributed by atoms with Gasteiger partial charge in [0.2, 0.25) is 5.78 Å². The molecular weight excluding hydrogens is 284 g/mol. The molecule has 0 spiro atoms. The lowest BCUT2D eigenvalue weighted by atomic mass is 10.0. The third kappa shape index (κ3) is 3.04. The van der Waals surface area contributed by atoms with Crippen LogP contribution in [-0.2, 0) is 0 Å². The second-order valence-corrected chi connectivity index (χ2v) is 5.96. The number of carbonyl (C=O) groups excluding carboxylic acids is 2. The number of hydrogen-bond donors (Lipinski definition) is 2. The Hall–Kier alpha value is -1.98. The van der Waals surface area contributed by atoms with Gasteiger partial charge in [-0.1, -0.05) is 24.3 Å². The third-order valence-corrected chi connectivity index (χ3v) is 4.43. The summed E-state index contributed by atoms with van der Waals surface area (Å²) >= 11 is 1.39. The van der Waals surface area contributed by atoms with Gasteiger partial charge in [0.1, 0.15) is 0 Å². The topological polar surface area (TPSA) is 58.2 Å². The van der Waals surface area contributed by atoms with E-state index in [0.717, 1.165) is 19.5 Å². The van der Waals surface area contributed by atoms with Crippen molar-refractivity contribution in [3.63, 3.8) is 0 Å². The molecule has 108 valence electrons. The van der Waals surface area contributed by atoms with Gasteiger partial charge in [-0.15, -0.1) is 11.3 Å². The molecule has 5 heteroatoms. The fourth-order valence-corrected chi connectivity index (χ4v) is 3.14.